The summed E-state index contributed by atoms with van der Waals surface area (Å²) in [5.41, 5.74) is 3.79. The number of nitrogens with zero attached hydrogens (tertiary/aromatic N) is 2. The molecule has 2 aliphatic heterocycles. The highest BCUT2D eigenvalue weighted by Crippen LogP contribution is 2.36. The van der Waals surface area contributed by atoms with E-state index in [2.05, 4.69) is 63.6 Å². The number of benzene rings is 2. The minimum atomic E-state index is -0.0525. The number of amides is 1. The van der Waals surface area contributed by atoms with Gasteiger partial charge in [0.15, 0.2) is 0 Å². The standard InChI is InChI=1S/C22H27N3O2/c1-27-14-11-23-22(26)19-15-17-7-5-6-10-20(17)25-13-12-24(16-21(19)25)18-8-3-2-4-9-18/h2-10,19,21H,11-16H2,1H3,(H,23,26)/t19-,21-/m1/s1. The van der Waals surface area contributed by atoms with Crippen molar-refractivity contribution in [3.63, 3.8) is 0 Å². The highest BCUT2D eigenvalue weighted by Gasteiger charge is 2.41. The SMILES string of the molecule is COCCNC(=O)[C@@H]1Cc2ccccc2N2CCN(c3ccccc3)C[C@H]12. The van der Waals surface area contributed by atoms with Crippen LogP contribution in [0, 0.1) is 5.92 Å². The van der Waals surface area contributed by atoms with Crippen LogP contribution < -0.4 is 15.1 Å². The Balaban J connectivity index is 1.59. The van der Waals surface area contributed by atoms with Gasteiger partial charge < -0.3 is 19.9 Å². The third-order valence-corrected chi connectivity index (χ3v) is 5.69. The molecule has 5 nitrogen and oxygen atoms in total. The molecule has 1 amide bonds. The number of carbonyl (C=O) groups excluding carboxylic acids is 1. The van der Waals surface area contributed by atoms with Gasteiger partial charge in [-0.05, 0) is 30.2 Å². The van der Waals surface area contributed by atoms with Gasteiger partial charge in [0.05, 0.1) is 18.6 Å². The highest BCUT2D eigenvalue weighted by atomic mass is 16.5. The maximum atomic E-state index is 13.0. The van der Waals surface area contributed by atoms with Crippen LogP contribution in [0.5, 0.6) is 0 Å². The minimum Gasteiger partial charge on any atom is -0.383 e. The molecule has 1 fully saturated rings. The smallest absolute Gasteiger partial charge is 0.225 e. The van der Waals surface area contributed by atoms with E-state index in [-0.39, 0.29) is 17.9 Å². The lowest BCUT2D eigenvalue weighted by molar-refractivity contribution is -0.126. The summed E-state index contributed by atoms with van der Waals surface area (Å²) in [6, 6.07) is 19.2. The van der Waals surface area contributed by atoms with Crippen LogP contribution in [0.3, 0.4) is 0 Å². The van der Waals surface area contributed by atoms with Crippen molar-refractivity contribution in [2.24, 2.45) is 5.92 Å². The van der Waals surface area contributed by atoms with E-state index in [9.17, 15) is 4.79 Å². The summed E-state index contributed by atoms with van der Waals surface area (Å²) in [6.45, 7) is 3.86. The Bertz CT molecular complexity index is 780. The molecule has 2 aromatic rings. The molecule has 0 aliphatic carbocycles. The van der Waals surface area contributed by atoms with Crippen LogP contribution in [0.4, 0.5) is 11.4 Å². The summed E-state index contributed by atoms with van der Waals surface area (Å²) in [7, 11) is 1.66. The molecular formula is C22H27N3O2. The van der Waals surface area contributed by atoms with Crippen molar-refractivity contribution < 1.29 is 9.53 Å². The van der Waals surface area contributed by atoms with Gasteiger partial charge in [0, 0.05) is 44.7 Å². The molecule has 0 aromatic heterocycles. The van der Waals surface area contributed by atoms with Crippen LogP contribution in [0.15, 0.2) is 54.6 Å². The van der Waals surface area contributed by atoms with E-state index in [0.29, 0.717) is 13.2 Å². The normalized spacial score (nSPS) is 21.4. The number of fused-ring (bicyclic) bond motifs is 3. The van der Waals surface area contributed by atoms with Crippen LogP contribution in [0.1, 0.15) is 5.56 Å². The van der Waals surface area contributed by atoms with E-state index < -0.39 is 0 Å². The molecule has 1 saturated heterocycles. The zero-order valence-electron chi connectivity index (χ0n) is 15.8. The number of piperazine rings is 1. The number of methoxy groups -OCH3 is 1. The van der Waals surface area contributed by atoms with Gasteiger partial charge in [-0.2, -0.15) is 0 Å². The number of rotatable bonds is 5. The van der Waals surface area contributed by atoms with E-state index >= 15 is 0 Å². The molecule has 142 valence electrons. The molecule has 0 saturated carbocycles. The molecule has 0 bridgehead atoms. The maximum absolute atomic E-state index is 13.0. The number of hydrogen-bond donors (Lipinski definition) is 1. The zero-order valence-corrected chi connectivity index (χ0v) is 15.8. The van der Waals surface area contributed by atoms with E-state index in [0.717, 1.165) is 26.1 Å². The summed E-state index contributed by atoms with van der Waals surface area (Å²) in [5, 5.41) is 3.06. The van der Waals surface area contributed by atoms with Gasteiger partial charge >= 0.3 is 0 Å². The molecule has 0 spiro atoms. The van der Waals surface area contributed by atoms with Crippen LogP contribution in [-0.4, -0.2) is 51.8 Å². The van der Waals surface area contributed by atoms with Crippen molar-refractivity contribution >= 4 is 17.3 Å². The first-order chi connectivity index (χ1) is 13.3. The van der Waals surface area contributed by atoms with Crippen LogP contribution >= 0.6 is 0 Å². The fourth-order valence-corrected chi connectivity index (χ4v) is 4.34. The van der Waals surface area contributed by atoms with Crippen molar-refractivity contribution in [1.29, 1.82) is 0 Å². The predicted octanol–water partition coefficient (Wildman–Crippen LogP) is 2.32. The average molecular weight is 365 g/mol. The number of para-hydroxylation sites is 2. The Hall–Kier alpha value is -2.53. The molecule has 0 radical (unpaired) electrons. The number of nitrogens with one attached hydrogen (secondary N) is 1. The Labute approximate surface area is 160 Å². The average Bonchev–Trinajstić information content (AvgIpc) is 2.73. The Morgan fingerprint density at radius 3 is 2.70 bits per heavy atom. The third kappa shape index (κ3) is 3.65. The first kappa shape index (κ1) is 17.9. The van der Waals surface area contributed by atoms with Gasteiger partial charge in [-0.15, -0.1) is 0 Å². The largest absolute Gasteiger partial charge is 0.383 e. The van der Waals surface area contributed by atoms with Gasteiger partial charge in [0.1, 0.15) is 0 Å². The molecule has 27 heavy (non-hydrogen) atoms. The van der Waals surface area contributed by atoms with E-state index in [1.54, 1.807) is 7.11 Å². The monoisotopic (exact) mass is 365 g/mol. The van der Waals surface area contributed by atoms with Crippen molar-refractivity contribution in [2.45, 2.75) is 12.5 Å². The van der Waals surface area contributed by atoms with Gasteiger partial charge in [-0.3, -0.25) is 4.79 Å². The Kier molecular flexibility index (Phi) is 5.30. The van der Waals surface area contributed by atoms with Crippen LogP contribution in [0.2, 0.25) is 0 Å². The van der Waals surface area contributed by atoms with E-state index in [1.807, 2.05) is 6.07 Å². The van der Waals surface area contributed by atoms with Crippen molar-refractivity contribution in [2.75, 3.05) is 49.7 Å². The van der Waals surface area contributed by atoms with E-state index in [4.69, 9.17) is 4.74 Å². The number of carbonyl (C=O) groups is 1. The lowest BCUT2D eigenvalue weighted by atomic mass is 9.83. The molecule has 5 heteroatoms. The molecule has 2 atom stereocenters. The van der Waals surface area contributed by atoms with Gasteiger partial charge in [0.25, 0.3) is 0 Å². The van der Waals surface area contributed by atoms with Crippen LogP contribution in [-0.2, 0) is 16.0 Å². The van der Waals surface area contributed by atoms with Gasteiger partial charge in [0.2, 0.25) is 5.91 Å². The lowest BCUT2D eigenvalue weighted by Crippen LogP contribution is -2.61. The summed E-state index contributed by atoms with van der Waals surface area (Å²) >= 11 is 0. The number of anilines is 2. The van der Waals surface area contributed by atoms with Crippen LogP contribution in [0.25, 0.3) is 0 Å². The predicted molar refractivity (Wildman–Crippen MR) is 108 cm³/mol. The fourth-order valence-electron chi connectivity index (χ4n) is 4.34. The first-order valence-corrected chi connectivity index (χ1v) is 9.69. The van der Waals surface area contributed by atoms with Crippen molar-refractivity contribution in [3.8, 4) is 0 Å². The molecule has 0 unspecified atom stereocenters. The fraction of sp³-hybridized carbons (Fsp3) is 0.409. The van der Waals surface area contributed by atoms with Crippen molar-refractivity contribution in [1.82, 2.24) is 5.32 Å². The molecule has 1 N–H and O–H groups in total. The quantitative estimate of drug-likeness (QED) is 0.826. The van der Waals surface area contributed by atoms with E-state index in [1.165, 1.54) is 16.9 Å². The summed E-state index contributed by atoms with van der Waals surface area (Å²) < 4.78 is 5.08. The second-order valence-corrected chi connectivity index (χ2v) is 7.27. The molecule has 2 aromatic carbocycles. The van der Waals surface area contributed by atoms with Crippen molar-refractivity contribution in [3.05, 3.63) is 60.2 Å². The second-order valence-electron chi connectivity index (χ2n) is 7.27. The molecular weight excluding hydrogens is 338 g/mol. The zero-order chi connectivity index (χ0) is 18.6. The lowest BCUT2D eigenvalue weighted by Gasteiger charge is -2.49. The number of hydrogen-bond acceptors (Lipinski definition) is 4. The summed E-state index contributed by atoms with van der Waals surface area (Å²) in [6.07, 6.45) is 0.790. The molecule has 2 heterocycles. The minimum absolute atomic E-state index is 0.0525. The first-order valence-electron chi connectivity index (χ1n) is 9.69. The summed E-state index contributed by atoms with van der Waals surface area (Å²) in [5.74, 6) is 0.0785. The third-order valence-electron chi connectivity index (χ3n) is 5.69. The Morgan fingerprint density at radius 1 is 1.11 bits per heavy atom. The Morgan fingerprint density at radius 2 is 1.89 bits per heavy atom. The van der Waals surface area contributed by atoms with Gasteiger partial charge in [-0.25, -0.2) is 0 Å². The van der Waals surface area contributed by atoms with Gasteiger partial charge in [-0.1, -0.05) is 36.4 Å². The molecule has 2 aliphatic rings. The molecule has 4 rings (SSSR count). The topological polar surface area (TPSA) is 44.8 Å². The maximum Gasteiger partial charge on any atom is 0.225 e. The number of ether oxygens (including phenoxy) is 1. The summed E-state index contributed by atoms with van der Waals surface area (Å²) in [4.78, 5) is 17.8. The highest BCUT2D eigenvalue weighted by molar-refractivity contribution is 5.82. The second kappa shape index (κ2) is 8.01.